The third-order valence-corrected chi connectivity index (χ3v) is 11.9. The molecule has 0 spiro atoms. The van der Waals surface area contributed by atoms with Crippen molar-refractivity contribution in [3.8, 4) is 0 Å². The summed E-state index contributed by atoms with van der Waals surface area (Å²) in [6.07, 6.45) is 0. The number of carbonyl (C=O) groups is 1. The highest BCUT2D eigenvalue weighted by Crippen LogP contribution is 2.52. The fourth-order valence-electron chi connectivity index (χ4n) is 3.49. The van der Waals surface area contributed by atoms with Crippen LogP contribution in [0.1, 0.15) is 15.9 Å². The zero-order chi connectivity index (χ0) is 20.1. The number of benzene rings is 3. The van der Waals surface area contributed by atoms with Crippen molar-refractivity contribution in [2.24, 2.45) is 4.99 Å². The van der Waals surface area contributed by atoms with Gasteiger partial charge in [-0.1, -0.05) is 15.9 Å². The van der Waals surface area contributed by atoms with Crippen LogP contribution < -0.4 is 4.90 Å². The second kappa shape index (κ2) is 6.97. The number of amidine groups is 1. The lowest BCUT2D eigenvalue weighted by molar-refractivity contribution is 0.101. The Labute approximate surface area is 218 Å². The average Bonchev–Trinajstić information content (AvgIpc) is 2.94. The lowest BCUT2D eigenvalue weighted by atomic mass is 10.0. The molecule has 1 amide bonds. The molecule has 5 rings (SSSR count). The number of hydrogen-bond acceptors (Lipinski definition) is 2. The highest BCUT2D eigenvalue weighted by Gasteiger charge is 2.43. The Balaban J connectivity index is 1.95. The predicted molar refractivity (Wildman–Crippen MR) is 137 cm³/mol. The lowest BCUT2D eigenvalue weighted by Crippen LogP contribution is -2.31. The second-order valence-corrected chi connectivity index (χ2v) is 11.9. The minimum absolute atomic E-state index is 0.126. The van der Waals surface area contributed by atoms with Gasteiger partial charge in [0.05, 0.1) is 16.9 Å². The van der Waals surface area contributed by atoms with Crippen LogP contribution in [-0.4, -0.2) is 11.7 Å². The van der Waals surface area contributed by atoms with E-state index in [9.17, 15) is 4.79 Å². The summed E-state index contributed by atoms with van der Waals surface area (Å²) in [5.41, 5.74) is 2.93. The number of halogens is 7. The summed E-state index contributed by atoms with van der Waals surface area (Å²) in [6.45, 7) is 0. The maximum atomic E-state index is 13.5. The predicted octanol–water partition coefficient (Wildman–Crippen LogP) is 9.23. The van der Waals surface area contributed by atoms with E-state index in [2.05, 4.69) is 112 Å². The van der Waals surface area contributed by atoms with Gasteiger partial charge in [0.1, 0.15) is 5.84 Å². The van der Waals surface area contributed by atoms with Crippen molar-refractivity contribution in [3.63, 3.8) is 0 Å². The van der Waals surface area contributed by atoms with Crippen molar-refractivity contribution in [2.45, 2.75) is 0 Å². The Bertz CT molecular complexity index is 1320. The first-order chi connectivity index (χ1) is 13.2. The van der Waals surface area contributed by atoms with Crippen LogP contribution >= 0.6 is 112 Å². The summed E-state index contributed by atoms with van der Waals surface area (Å²) in [4.78, 5) is 20.1. The molecule has 28 heavy (non-hydrogen) atoms. The Morgan fingerprint density at radius 1 is 0.750 bits per heavy atom. The molecule has 3 aromatic rings. The molecule has 10 heteroatoms. The number of fused-ring (bicyclic) bond motifs is 4. The maximum absolute atomic E-state index is 13.5. The molecular formula is C18H3Br7N2O. The molecule has 0 saturated heterocycles. The molecule has 0 saturated carbocycles. The van der Waals surface area contributed by atoms with Gasteiger partial charge in [-0.2, -0.15) is 0 Å². The largest absolute Gasteiger partial charge is 0.268 e. The molecule has 0 aromatic heterocycles. The molecule has 2 heterocycles. The van der Waals surface area contributed by atoms with E-state index in [1.807, 2.05) is 18.2 Å². The number of nitrogens with zero attached hydrogens (tertiary/aromatic N) is 2. The van der Waals surface area contributed by atoms with Crippen molar-refractivity contribution in [1.29, 1.82) is 0 Å². The van der Waals surface area contributed by atoms with Gasteiger partial charge in [-0.3, -0.25) is 9.69 Å². The molecule has 0 radical (unpaired) electrons. The Morgan fingerprint density at radius 2 is 1.39 bits per heavy atom. The van der Waals surface area contributed by atoms with Crippen LogP contribution in [0.25, 0.3) is 10.8 Å². The zero-order valence-electron chi connectivity index (χ0n) is 13.2. The summed E-state index contributed by atoms with van der Waals surface area (Å²) >= 11 is 25.2. The summed E-state index contributed by atoms with van der Waals surface area (Å²) < 4.78 is 5.76. The van der Waals surface area contributed by atoms with Gasteiger partial charge in [0, 0.05) is 47.6 Å². The second-order valence-electron chi connectivity index (χ2n) is 6.12. The highest BCUT2D eigenvalue weighted by atomic mass is 79.9. The molecule has 2 aliphatic rings. The first kappa shape index (κ1) is 20.3. The fraction of sp³-hybridized carbons (Fsp3) is 0. The van der Waals surface area contributed by atoms with Gasteiger partial charge in [0.2, 0.25) is 0 Å². The van der Waals surface area contributed by atoms with E-state index in [0.29, 0.717) is 15.9 Å². The van der Waals surface area contributed by atoms with E-state index in [1.54, 1.807) is 4.90 Å². The number of rotatable bonds is 0. The number of amides is 1. The quantitative estimate of drug-likeness (QED) is 0.165. The van der Waals surface area contributed by atoms with E-state index < -0.39 is 0 Å². The summed E-state index contributed by atoms with van der Waals surface area (Å²) in [7, 11) is 0. The van der Waals surface area contributed by atoms with Crippen LogP contribution in [0.2, 0.25) is 0 Å². The van der Waals surface area contributed by atoms with Gasteiger partial charge in [-0.15, -0.1) is 0 Å². The van der Waals surface area contributed by atoms with Gasteiger partial charge in [0.15, 0.2) is 0 Å². The SMILES string of the molecule is O=C1c2c(Br)c(Br)c(Br)c(Br)c2C2=Nc3cc(Br)cc4c(Br)c(Br)cc(c34)N12. The van der Waals surface area contributed by atoms with Crippen LogP contribution in [-0.2, 0) is 0 Å². The van der Waals surface area contributed by atoms with E-state index >= 15 is 0 Å². The van der Waals surface area contributed by atoms with E-state index in [0.717, 1.165) is 54.5 Å². The summed E-state index contributed by atoms with van der Waals surface area (Å²) in [5, 5.41) is 1.90. The summed E-state index contributed by atoms with van der Waals surface area (Å²) in [5.74, 6) is 0.473. The summed E-state index contributed by atoms with van der Waals surface area (Å²) in [6, 6.07) is 5.94. The lowest BCUT2D eigenvalue weighted by Gasteiger charge is -2.26. The molecule has 2 aliphatic heterocycles. The normalized spacial score (nSPS) is 14.5. The molecular weight excluding hydrogens is 820 g/mol. The number of hydrogen-bond donors (Lipinski definition) is 0. The minimum atomic E-state index is -0.126. The maximum Gasteiger partial charge on any atom is 0.266 e. The molecule has 0 aliphatic carbocycles. The van der Waals surface area contributed by atoms with Gasteiger partial charge in [-0.25, -0.2) is 4.99 Å². The third-order valence-electron chi connectivity index (χ3n) is 4.63. The molecule has 3 nitrogen and oxygen atoms in total. The first-order valence-corrected chi connectivity index (χ1v) is 13.2. The standard InChI is InChI=1S/C18H3Br7N2O/c19-4-1-5-9-7(2-4)26-17-10-11(14(23)16(25)15(24)13(10)22)18(28)27(17)8(9)3-6(20)12(5)21/h1-3H. The highest BCUT2D eigenvalue weighted by molar-refractivity contribution is 9.15. The monoisotopic (exact) mass is 815 g/mol. The van der Waals surface area contributed by atoms with Crippen molar-refractivity contribution in [1.82, 2.24) is 0 Å². The van der Waals surface area contributed by atoms with E-state index in [1.165, 1.54) is 0 Å². The number of aliphatic imine (C=N–C) groups is 1. The Morgan fingerprint density at radius 3 is 2.07 bits per heavy atom. The molecule has 3 aromatic carbocycles. The molecule has 0 fully saturated rings. The van der Waals surface area contributed by atoms with Crippen LogP contribution in [0.3, 0.4) is 0 Å². The number of carbonyl (C=O) groups excluding carboxylic acids is 1. The number of anilines is 1. The smallest absolute Gasteiger partial charge is 0.266 e. The molecule has 0 unspecified atom stereocenters. The Kier molecular flexibility index (Phi) is 5.06. The molecule has 0 atom stereocenters. The fourth-order valence-corrected chi connectivity index (χ4v) is 7.26. The Hall–Kier alpha value is 0.420. The van der Waals surface area contributed by atoms with Crippen molar-refractivity contribution in [2.75, 3.05) is 4.90 Å². The molecule has 0 N–H and O–H groups in total. The molecule has 0 bridgehead atoms. The molecule has 140 valence electrons. The van der Waals surface area contributed by atoms with Gasteiger partial charge in [-0.05, 0) is 114 Å². The topological polar surface area (TPSA) is 32.7 Å². The van der Waals surface area contributed by atoms with Gasteiger partial charge < -0.3 is 0 Å². The first-order valence-electron chi connectivity index (χ1n) is 7.63. The van der Waals surface area contributed by atoms with Crippen molar-refractivity contribution < 1.29 is 4.79 Å². The van der Waals surface area contributed by atoms with Crippen molar-refractivity contribution in [3.05, 3.63) is 60.6 Å². The van der Waals surface area contributed by atoms with Crippen LogP contribution in [0, 0.1) is 0 Å². The minimum Gasteiger partial charge on any atom is -0.268 e. The third kappa shape index (κ3) is 2.64. The average molecular weight is 823 g/mol. The van der Waals surface area contributed by atoms with E-state index in [-0.39, 0.29) is 5.91 Å². The van der Waals surface area contributed by atoms with Crippen LogP contribution in [0.5, 0.6) is 0 Å². The van der Waals surface area contributed by atoms with Crippen LogP contribution in [0.15, 0.2) is 54.5 Å². The zero-order valence-corrected chi connectivity index (χ0v) is 24.3. The van der Waals surface area contributed by atoms with Crippen LogP contribution in [0.4, 0.5) is 11.4 Å². The van der Waals surface area contributed by atoms with Crippen molar-refractivity contribution >= 4 is 145 Å². The van der Waals surface area contributed by atoms with Gasteiger partial charge >= 0.3 is 0 Å². The van der Waals surface area contributed by atoms with E-state index in [4.69, 9.17) is 4.99 Å². The van der Waals surface area contributed by atoms with Gasteiger partial charge in [0.25, 0.3) is 5.91 Å².